The Balaban J connectivity index is 1.30. The average molecular weight is 629 g/mol. The number of benzene rings is 5. The molecule has 6 aromatic rings. The molecule has 0 bridgehead atoms. The Morgan fingerprint density at radius 1 is 0.604 bits per heavy atom. The van der Waals surface area contributed by atoms with Gasteiger partial charge in [0.25, 0.3) is 0 Å². The van der Waals surface area contributed by atoms with Gasteiger partial charge in [-0.25, -0.2) is 0 Å². The second kappa shape index (κ2) is 12.5. The van der Waals surface area contributed by atoms with Crippen molar-refractivity contribution in [2.24, 2.45) is 0 Å². The van der Waals surface area contributed by atoms with Gasteiger partial charge in [-0.1, -0.05) is 131 Å². The minimum atomic E-state index is -0.502. The van der Waals surface area contributed by atoms with Gasteiger partial charge in [0.05, 0.1) is 17.9 Å². The molecule has 1 aliphatic carbocycles. The Kier molecular flexibility index (Phi) is 8.17. The van der Waals surface area contributed by atoms with Crippen molar-refractivity contribution in [1.82, 2.24) is 4.98 Å². The van der Waals surface area contributed by atoms with Crippen molar-refractivity contribution >= 4 is 5.69 Å². The number of phenols is 1. The van der Waals surface area contributed by atoms with Crippen molar-refractivity contribution in [2.45, 2.75) is 65.3 Å². The van der Waals surface area contributed by atoms with Gasteiger partial charge in [0.15, 0.2) is 0 Å². The fourth-order valence-corrected chi connectivity index (χ4v) is 7.71. The zero-order valence-electron chi connectivity index (χ0n) is 28.8. The third-order valence-corrected chi connectivity index (χ3v) is 10.1. The first kappa shape index (κ1) is 31.4. The van der Waals surface area contributed by atoms with Crippen LogP contribution >= 0.6 is 0 Å². The zero-order valence-corrected chi connectivity index (χ0v) is 28.8. The van der Waals surface area contributed by atoms with E-state index in [0.717, 1.165) is 39.2 Å². The highest BCUT2D eigenvalue weighted by molar-refractivity contribution is 5.89. The Bertz CT molecular complexity index is 2070. The monoisotopic (exact) mass is 628 g/mol. The van der Waals surface area contributed by atoms with E-state index >= 15 is 0 Å². The first-order valence-corrected chi connectivity index (χ1v) is 17.1. The summed E-state index contributed by atoms with van der Waals surface area (Å²) in [4.78, 5) is 5.17. The van der Waals surface area contributed by atoms with Gasteiger partial charge in [0.2, 0.25) is 0 Å². The van der Waals surface area contributed by atoms with Crippen LogP contribution in [0.25, 0.3) is 33.5 Å². The first-order chi connectivity index (χ1) is 23.2. The maximum absolute atomic E-state index is 12.3. The van der Waals surface area contributed by atoms with Crippen LogP contribution in [0, 0.1) is 6.92 Å². The van der Waals surface area contributed by atoms with Crippen molar-refractivity contribution in [3.63, 3.8) is 0 Å². The van der Waals surface area contributed by atoms with E-state index in [1.54, 1.807) is 0 Å². The molecular weight excluding hydrogens is 585 g/mol. The van der Waals surface area contributed by atoms with E-state index < -0.39 is 5.41 Å². The molecule has 0 amide bonds. The van der Waals surface area contributed by atoms with Crippen LogP contribution in [0.4, 0.5) is 5.69 Å². The molecule has 0 atom stereocenters. The predicted octanol–water partition coefficient (Wildman–Crippen LogP) is 11.6. The molecule has 0 saturated heterocycles. The molecule has 2 N–H and O–H groups in total. The van der Waals surface area contributed by atoms with Gasteiger partial charge < -0.3 is 10.4 Å². The van der Waals surface area contributed by atoms with Crippen LogP contribution in [0.1, 0.15) is 85.5 Å². The summed E-state index contributed by atoms with van der Waals surface area (Å²) in [6, 6.07) is 42.7. The number of aryl methyl sites for hydroxylation is 1. The average Bonchev–Trinajstić information content (AvgIpc) is 3.36. The number of nitrogens with zero attached hydrogens (tertiary/aromatic N) is 1. The predicted molar refractivity (Wildman–Crippen MR) is 201 cm³/mol. The van der Waals surface area contributed by atoms with Crippen molar-refractivity contribution in [3.8, 4) is 39.3 Å². The Morgan fingerprint density at radius 2 is 1.15 bits per heavy atom. The summed E-state index contributed by atoms with van der Waals surface area (Å²) in [6.45, 7) is 14.0. The second-order valence-electron chi connectivity index (χ2n) is 14.0. The molecule has 3 heteroatoms. The summed E-state index contributed by atoms with van der Waals surface area (Å²) in [6.07, 6.45) is 0. The number of fused-ring (bicyclic) bond motifs is 3. The molecule has 240 valence electrons. The lowest BCUT2D eigenvalue weighted by molar-refractivity contribution is 0.460. The molecule has 3 nitrogen and oxygen atoms in total. The first-order valence-electron chi connectivity index (χ1n) is 17.1. The normalized spacial score (nSPS) is 13.1. The van der Waals surface area contributed by atoms with E-state index in [4.69, 9.17) is 4.98 Å². The van der Waals surface area contributed by atoms with E-state index in [1.165, 1.54) is 39.1 Å². The lowest BCUT2D eigenvalue weighted by Crippen LogP contribution is -2.23. The molecule has 1 heterocycles. The number of nitrogens with one attached hydrogen (secondary N) is 1. The van der Waals surface area contributed by atoms with Gasteiger partial charge in [0, 0.05) is 27.8 Å². The summed E-state index contributed by atoms with van der Waals surface area (Å²) in [5.74, 6) is 1.14. The highest BCUT2D eigenvalue weighted by atomic mass is 16.3. The number of aromatic hydroxyl groups is 1. The number of para-hydroxylation sites is 1. The number of rotatable bonds is 8. The van der Waals surface area contributed by atoms with Crippen LogP contribution in [-0.2, 0) is 12.0 Å². The third kappa shape index (κ3) is 5.28. The van der Waals surface area contributed by atoms with Gasteiger partial charge in [-0.05, 0) is 88.4 Å². The smallest absolute Gasteiger partial charge is 0.127 e. The Morgan fingerprint density at radius 3 is 1.75 bits per heavy atom. The number of hydrogen-bond donors (Lipinski definition) is 2. The van der Waals surface area contributed by atoms with E-state index in [1.807, 2.05) is 6.07 Å². The summed E-state index contributed by atoms with van der Waals surface area (Å²) >= 11 is 0. The lowest BCUT2D eigenvalue weighted by atomic mass is 9.72. The van der Waals surface area contributed by atoms with Crippen molar-refractivity contribution in [2.75, 3.05) is 5.32 Å². The number of anilines is 1. The molecule has 0 aliphatic heterocycles. The molecule has 0 unspecified atom stereocenters. The Labute approximate surface area is 285 Å². The topological polar surface area (TPSA) is 45.2 Å². The zero-order chi connectivity index (χ0) is 33.6. The number of hydrogen-bond acceptors (Lipinski definition) is 3. The molecule has 48 heavy (non-hydrogen) atoms. The van der Waals surface area contributed by atoms with Crippen LogP contribution in [0.5, 0.6) is 5.75 Å². The number of aromatic nitrogens is 1. The highest BCUT2D eigenvalue weighted by Crippen LogP contribution is 2.55. The maximum Gasteiger partial charge on any atom is 0.127 e. The Hall–Kier alpha value is -5.15. The summed E-state index contributed by atoms with van der Waals surface area (Å²) in [5, 5.41) is 16.0. The van der Waals surface area contributed by atoms with Gasteiger partial charge >= 0.3 is 0 Å². The molecule has 0 fully saturated rings. The molecule has 1 aliphatic rings. The van der Waals surface area contributed by atoms with Crippen molar-refractivity contribution in [3.05, 3.63) is 160 Å². The van der Waals surface area contributed by atoms with Gasteiger partial charge in [0.1, 0.15) is 5.75 Å². The highest BCUT2D eigenvalue weighted by Gasteiger charge is 2.42. The molecule has 5 aromatic carbocycles. The van der Waals surface area contributed by atoms with E-state index in [9.17, 15) is 5.11 Å². The van der Waals surface area contributed by atoms with Crippen molar-refractivity contribution < 1.29 is 5.11 Å². The van der Waals surface area contributed by atoms with Crippen LogP contribution in [0.2, 0.25) is 0 Å². The molecular formula is C45H44N2O. The van der Waals surface area contributed by atoms with Gasteiger partial charge in [-0.3, -0.25) is 4.98 Å². The van der Waals surface area contributed by atoms with E-state index in [2.05, 4.69) is 162 Å². The lowest BCUT2D eigenvalue weighted by Gasteiger charge is -2.30. The van der Waals surface area contributed by atoms with Crippen LogP contribution < -0.4 is 5.32 Å². The summed E-state index contributed by atoms with van der Waals surface area (Å²) in [7, 11) is 0. The minimum Gasteiger partial charge on any atom is -0.507 e. The van der Waals surface area contributed by atoms with Gasteiger partial charge in [-0.15, -0.1) is 0 Å². The van der Waals surface area contributed by atoms with E-state index in [0.29, 0.717) is 24.1 Å². The summed E-state index contributed by atoms with van der Waals surface area (Å²) in [5.41, 5.74) is 14.9. The molecule has 7 rings (SSSR count). The quantitative estimate of drug-likeness (QED) is 0.176. The summed E-state index contributed by atoms with van der Waals surface area (Å²) < 4.78 is 0. The van der Waals surface area contributed by atoms with Crippen LogP contribution in [0.3, 0.4) is 0 Å². The molecule has 0 saturated carbocycles. The SMILES string of the molecule is Cc1cc(-c2ccccc2-c2cccc(CNc3c(C(C)C)cccc3C(C)C)n2)c(O)c(C2(C)c3ccccc3-c3ccccc32)c1. The second-order valence-corrected chi connectivity index (χ2v) is 14.0. The molecule has 0 spiro atoms. The largest absolute Gasteiger partial charge is 0.507 e. The van der Waals surface area contributed by atoms with E-state index in [-0.39, 0.29) is 0 Å². The minimum absolute atomic E-state index is 0.311. The molecule has 1 aromatic heterocycles. The van der Waals surface area contributed by atoms with Crippen molar-refractivity contribution in [1.29, 1.82) is 0 Å². The fraction of sp³-hybridized carbons (Fsp3) is 0.222. The standard InChI is InChI=1S/C45H44N2O/c1-28(2)32-20-14-21-33(29(3)4)43(32)46-27-31-15-13-24-42(47-31)37-19-8-7-16-34(37)38-25-30(5)26-41(44(38)48)45(6)39-22-11-9-17-35(39)36-18-10-12-23-40(36)45/h7-26,28-29,46,48H,27H2,1-6H3. The van der Waals surface area contributed by atoms with Gasteiger partial charge in [-0.2, -0.15) is 0 Å². The molecule has 0 radical (unpaired) electrons. The number of pyridine rings is 1. The van der Waals surface area contributed by atoms with Crippen LogP contribution in [0.15, 0.2) is 121 Å². The number of phenolic OH excluding ortho intramolecular Hbond substituents is 1. The fourth-order valence-electron chi connectivity index (χ4n) is 7.71. The van der Waals surface area contributed by atoms with Crippen LogP contribution in [-0.4, -0.2) is 10.1 Å². The third-order valence-electron chi connectivity index (χ3n) is 10.1. The maximum atomic E-state index is 12.3.